The second-order valence-corrected chi connectivity index (χ2v) is 5.98. The van der Waals surface area contributed by atoms with Crippen LogP contribution >= 0.6 is 20.7 Å². The molecule has 0 aliphatic heterocycles. The third-order valence-electron chi connectivity index (χ3n) is 1.15. The van der Waals surface area contributed by atoms with E-state index in [1.54, 1.807) is 20.7 Å². The molecule has 1 aromatic heterocycles. The van der Waals surface area contributed by atoms with E-state index < -0.39 is 10.4 Å². The molecule has 1 N–H and O–H groups in total. The Hall–Kier alpha value is -0.550. The first-order valence-electron chi connectivity index (χ1n) is 3.94. The molecular weight excluding hydrogens is 274 g/mol. The lowest BCUT2D eigenvalue weighted by Crippen LogP contribution is -2.21. The summed E-state index contributed by atoms with van der Waals surface area (Å²) in [6, 6.07) is 0. The molecule has 0 aliphatic rings. The monoisotopic (exact) mass is 287 g/mol. The first-order chi connectivity index (χ1) is 7.11. The predicted octanol–water partition coefficient (Wildman–Crippen LogP) is -0.693. The lowest BCUT2D eigenvalue weighted by atomic mass is 10.9. The van der Waals surface area contributed by atoms with E-state index in [-0.39, 0.29) is 0 Å². The molecule has 0 saturated carbocycles. The molecule has 0 spiro atoms. The highest BCUT2D eigenvalue weighted by molar-refractivity contribution is 7.79. The van der Waals surface area contributed by atoms with Gasteiger partial charge in [0.1, 0.15) is 0 Å². The number of aromatic nitrogens is 1. The van der Waals surface area contributed by atoms with Crippen molar-refractivity contribution in [3.8, 4) is 0 Å². The predicted molar refractivity (Wildman–Crippen MR) is 63.8 cm³/mol. The molecule has 0 bridgehead atoms. The van der Waals surface area contributed by atoms with Crippen molar-refractivity contribution < 1.29 is 17.5 Å². The fourth-order valence-electron chi connectivity index (χ4n) is 0.543. The van der Waals surface area contributed by atoms with Crippen LogP contribution in [0.5, 0.6) is 0 Å². The molecule has 0 atom stereocenters. The quantitative estimate of drug-likeness (QED) is 0.318. The fraction of sp³-hybridized carbons (Fsp3) is 0.667. The van der Waals surface area contributed by atoms with Crippen LogP contribution in [0, 0.1) is 0 Å². The van der Waals surface area contributed by atoms with E-state index in [9.17, 15) is 0 Å². The Balaban J connectivity index is 0.000000385. The lowest BCUT2D eigenvalue weighted by Gasteiger charge is -1.99. The molecule has 1 aromatic rings. The van der Waals surface area contributed by atoms with E-state index in [2.05, 4.69) is 4.98 Å². The van der Waals surface area contributed by atoms with Gasteiger partial charge in [-0.2, -0.15) is 0 Å². The van der Waals surface area contributed by atoms with E-state index in [1.165, 1.54) is 0 Å². The van der Waals surface area contributed by atoms with Gasteiger partial charge in [0.15, 0.2) is 0 Å². The molecule has 10 heteroatoms. The Morgan fingerprint density at radius 2 is 1.81 bits per heavy atom. The highest BCUT2D eigenvalue weighted by atomic mass is 32.9. The van der Waals surface area contributed by atoms with Crippen LogP contribution in [-0.4, -0.2) is 50.7 Å². The van der Waals surface area contributed by atoms with Gasteiger partial charge in [0.2, 0.25) is 10.4 Å². The van der Waals surface area contributed by atoms with Crippen molar-refractivity contribution >= 4 is 36.2 Å². The van der Waals surface area contributed by atoms with E-state index >= 15 is 0 Å². The minimum absolute atomic E-state index is 1.07. The van der Waals surface area contributed by atoms with Crippen molar-refractivity contribution in [2.75, 3.05) is 33.1 Å². The van der Waals surface area contributed by atoms with E-state index in [1.807, 2.05) is 37.7 Å². The minimum Gasteiger partial charge on any atom is -0.726 e. The van der Waals surface area contributed by atoms with Crippen LogP contribution in [0.2, 0.25) is 0 Å². The summed E-state index contributed by atoms with van der Waals surface area (Å²) < 4.78 is 34.9. The Bertz CT molecular complexity index is 475. The first kappa shape index (κ1) is 15.4. The van der Waals surface area contributed by atoms with E-state index in [0.29, 0.717) is 0 Å². The van der Waals surface area contributed by atoms with Gasteiger partial charge in [-0.25, -0.2) is 8.42 Å². The number of nitrogens with zero attached hydrogens (tertiary/aromatic N) is 3. The van der Waals surface area contributed by atoms with Crippen LogP contribution in [0.4, 0.5) is 5.13 Å². The molecule has 0 aliphatic carbocycles. The Morgan fingerprint density at radius 1 is 1.38 bits per heavy atom. The molecule has 0 saturated heterocycles. The zero-order valence-corrected chi connectivity index (χ0v) is 11.7. The zero-order chi connectivity index (χ0) is 12.9. The third-order valence-corrected chi connectivity index (χ3v) is 3.59. The fourth-order valence-corrected chi connectivity index (χ4v) is 2.86. The largest absolute Gasteiger partial charge is 0.726 e. The van der Waals surface area contributed by atoms with Gasteiger partial charge in [-0.15, -0.1) is 0 Å². The molecule has 1 rings (SSSR count). The van der Waals surface area contributed by atoms with Gasteiger partial charge in [-0.05, 0) is 10.3 Å². The average Bonchev–Trinajstić information content (AvgIpc) is 2.47. The summed E-state index contributed by atoms with van der Waals surface area (Å²) in [4.78, 5) is 7.49. The topological polar surface area (TPSA) is 96.6 Å². The number of hydrogen-bond donors (Lipinski definition) is 1. The van der Waals surface area contributed by atoms with Crippen LogP contribution in [0.25, 0.3) is 0 Å². The van der Waals surface area contributed by atoms with Crippen molar-refractivity contribution in [2.45, 2.75) is 0 Å². The SMILES string of the molecule is CN(C)c1nc(=[N+](C)C)ss1.O=S(=O)([O-])O. The summed E-state index contributed by atoms with van der Waals surface area (Å²) in [5.74, 6) is 0. The summed E-state index contributed by atoms with van der Waals surface area (Å²) >= 11 is 0. The van der Waals surface area contributed by atoms with Crippen LogP contribution < -0.4 is 14.3 Å². The second kappa shape index (κ2) is 6.25. The molecule has 0 radical (unpaired) electrons. The van der Waals surface area contributed by atoms with Crippen LogP contribution in [0.3, 0.4) is 0 Å². The smallest absolute Gasteiger partial charge is 0.390 e. The number of rotatable bonds is 1. The second-order valence-electron chi connectivity index (χ2n) is 3.06. The Labute approximate surface area is 101 Å². The van der Waals surface area contributed by atoms with Crippen LogP contribution in [0.15, 0.2) is 0 Å². The van der Waals surface area contributed by atoms with Gasteiger partial charge in [-0.3, -0.25) is 9.13 Å². The van der Waals surface area contributed by atoms with E-state index in [4.69, 9.17) is 17.5 Å². The maximum absolute atomic E-state index is 8.63. The molecule has 0 amide bonds. The molecule has 16 heavy (non-hydrogen) atoms. The number of hydrogen-bond acceptors (Lipinski definition) is 7. The summed E-state index contributed by atoms with van der Waals surface area (Å²) in [7, 11) is 6.50. The van der Waals surface area contributed by atoms with Crippen LogP contribution in [-0.2, 0) is 10.4 Å². The van der Waals surface area contributed by atoms with Crippen molar-refractivity contribution in [3.63, 3.8) is 0 Å². The van der Waals surface area contributed by atoms with Gasteiger partial charge in [0, 0.05) is 29.4 Å². The molecule has 1 heterocycles. The first-order valence-corrected chi connectivity index (χ1v) is 7.46. The number of anilines is 1. The van der Waals surface area contributed by atoms with E-state index in [0.717, 1.165) is 9.93 Å². The highest BCUT2D eigenvalue weighted by Crippen LogP contribution is 2.14. The molecule has 0 aromatic carbocycles. The lowest BCUT2D eigenvalue weighted by molar-refractivity contribution is 0.366. The molecule has 94 valence electrons. The normalized spacial score (nSPS) is 10.4. The zero-order valence-electron chi connectivity index (χ0n) is 9.24. The molecule has 0 unspecified atom stereocenters. The van der Waals surface area contributed by atoms with Gasteiger partial charge >= 0.3 is 9.93 Å². The molecule has 7 nitrogen and oxygen atoms in total. The third kappa shape index (κ3) is 7.70. The standard InChI is InChI=1S/C6H12N3S2.H2O4S/c1-8(2)5-7-6(9(3)4)11-10-5;1-5(2,3)4/h1-4H3;(H2,1,2,3,4)/q+1;/p-1. The highest BCUT2D eigenvalue weighted by Gasteiger charge is 2.08. The van der Waals surface area contributed by atoms with Crippen molar-refractivity contribution in [1.82, 2.24) is 9.56 Å². The minimum atomic E-state index is -4.92. The van der Waals surface area contributed by atoms with Gasteiger partial charge in [0.25, 0.3) is 0 Å². The summed E-state index contributed by atoms with van der Waals surface area (Å²) in [6.07, 6.45) is 0. The average molecular weight is 287 g/mol. The maximum atomic E-state index is 8.63. The van der Waals surface area contributed by atoms with Gasteiger partial charge in [0.05, 0.1) is 14.1 Å². The van der Waals surface area contributed by atoms with Crippen LogP contribution in [0.1, 0.15) is 0 Å². The Kier molecular flexibility index (Phi) is 6.04. The van der Waals surface area contributed by atoms with Gasteiger partial charge in [-0.1, -0.05) is 0 Å². The molecule has 0 fully saturated rings. The van der Waals surface area contributed by atoms with Crippen molar-refractivity contribution in [2.24, 2.45) is 0 Å². The summed E-state index contributed by atoms with van der Waals surface area (Å²) in [6.45, 7) is 0. The molecular formula is C6H13N3O4S3. The van der Waals surface area contributed by atoms with Gasteiger partial charge < -0.3 is 9.45 Å². The summed E-state index contributed by atoms with van der Waals surface area (Å²) in [5, 5.41) is 1.07. The maximum Gasteiger partial charge on any atom is 0.390 e. The van der Waals surface area contributed by atoms with Crippen molar-refractivity contribution in [1.29, 1.82) is 0 Å². The Morgan fingerprint density at radius 3 is 2.00 bits per heavy atom. The van der Waals surface area contributed by atoms with Crippen molar-refractivity contribution in [3.05, 3.63) is 4.80 Å². The summed E-state index contributed by atoms with van der Waals surface area (Å²) in [5.41, 5.74) is 0.